The summed E-state index contributed by atoms with van der Waals surface area (Å²) in [6.07, 6.45) is 4.44. The van der Waals surface area contributed by atoms with Crippen LogP contribution < -0.4 is 10.6 Å². The highest BCUT2D eigenvalue weighted by molar-refractivity contribution is 6.17. The van der Waals surface area contributed by atoms with Gasteiger partial charge in [0, 0.05) is 31.0 Å². The summed E-state index contributed by atoms with van der Waals surface area (Å²) < 4.78 is 11.2. The van der Waals surface area contributed by atoms with Crippen molar-refractivity contribution in [1.82, 2.24) is 10.6 Å². The number of ether oxygens (including phenoxy) is 2. The van der Waals surface area contributed by atoms with Crippen molar-refractivity contribution in [2.75, 3.05) is 38.9 Å². The number of nitrogens with one attached hydrogen (secondary N) is 2. The molecule has 0 aliphatic carbocycles. The van der Waals surface area contributed by atoms with Gasteiger partial charge in [-0.1, -0.05) is 87.4 Å². The predicted molar refractivity (Wildman–Crippen MR) is 141 cm³/mol. The molecule has 0 bridgehead atoms. The molecule has 1 atom stereocenters. The molecule has 0 saturated heterocycles. The van der Waals surface area contributed by atoms with Gasteiger partial charge in [-0.25, -0.2) is 4.79 Å². The summed E-state index contributed by atoms with van der Waals surface area (Å²) in [7, 11) is 0. The molecule has 0 unspecified atom stereocenters. The Balaban J connectivity index is 1.75. The first-order valence-corrected chi connectivity index (χ1v) is 13.0. The number of urea groups is 1. The van der Waals surface area contributed by atoms with Crippen molar-refractivity contribution in [2.24, 2.45) is 5.92 Å². The van der Waals surface area contributed by atoms with E-state index in [0.717, 1.165) is 38.2 Å². The first-order chi connectivity index (χ1) is 16.6. The van der Waals surface area contributed by atoms with Crippen molar-refractivity contribution in [1.29, 1.82) is 0 Å². The van der Waals surface area contributed by atoms with Crippen LogP contribution in [0.25, 0.3) is 0 Å². The maximum Gasteiger partial charge on any atom is 0.315 e. The van der Waals surface area contributed by atoms with E-state index >= 15 is 0 Å². The molecule has 0 heterocycles. The molecule has 0 aromatic heterocycles. The highest BCUT2D eigenvalue weighted by Crippen LogP contribution is 2.31. The van der Waals surface area contributed by atoms with Crippen LogP contribution in [0.2, 0.25) is 0 Å². The smallest absolute Gasteiger partial charge is 0.315 e. The van der Waals surface area contributed by atoms with Crippen LogP contribution in [0.3, 0.4) is 0 Å². The molecule has 2 rings (SSSR count). The van der Waals surface area contributed by atoms with Crippen LogP contribution in [0, 0.1) is 5.92 Å². The summed E-state index contributed by atoms with van der Waals surface area (Å²) in [5.41, 5.74) is 2.38. The van der Waals surface area contributed by atoms with Crippen molar-refractivity contribution in [3.63, 3.8) is 0 Å². The van der Waals surface area contributed by atoms with E-state index in [2.05, 4.69) is 48.7 Å². The van der Waals surface area contributed by atoms with Crippen LogP contribution in [0.15, 0.2) is 60.7 Å². The summed E-state index contributed by atoms with van der Waals surface area (Å²) in [5.74, 6) is 1.05. The molecule has 2 aromatic carbocycles. The van der Waals surface area contributed by atoms with Crippen molar-refractivity contribution in [3.05, 3.63) is 71.8 Å². The Morgan fingerprint density at radius 2 is 1.35 bits per heavy atom. The predicted octanol–water partition coefficient (Wildman–Crippen LogP) is 5.97. The lowest BCUT2D eigenvalue weighted by Gasteiger charge is -2.32. The Morgan fingerprint density at radius 1 is 0.794 bits per heavy atom. The van der Waals surface area contributed by atoms with Gasteiger partial charge in [-0.15, -0.1) is 11.6 Å². The first kappa shape index (κ1) is 28.2. The number of alkyl halides is 1. The van der Waals surface area contributed by atoms with Crippen molar-refractivity contribution < 1.29 is 14.3 Å². The van der Waals surface area contributed by atoms with Crippen LogP contribution in [0.1, 0.15) is 56.6 Å². The van der Waals surface area contributed by atoms with Gasteiger partial charge >= 0.3 is 6.03 Å². The molecule has 0 fully saturated rings. The van der Waals surface area contributed by atoms with E-state index < -0.39 is 0 Å². The second-order valence-corrected chi connectivity index (χ2v) is 9.17. The number of unbranched alkanes of at least 4 members (excludes halogenated alkanes) is 3. The Hall–Kier alpha value is -2.08. The monoisotopic (exact) mass is 488 g/mol. The minimum absolute atomic E-state index is 0.0523. The number of hydrogen-bond donors (Lipinski definition) is 2. The maximum atomic E-state index is 12.7. The number of rotatable bonds is 17. The van der Waals surface area contributed by atoms with Gasteiger partial charge in [-0.3, -0.25) is 0 Å². The van der Waals surface area contributed by atoms with E-state index in [1.807, 2.05) is 36.4 Å². The molecule has 6 heteroatoms. The maximum absolute atomic E-state index is 12.7. The molecule has 0 aliphatic rings. The summed E-state index contributed by atoms with van der Waals surface area (Å²) in [5, 5.41) is 6.14. The number of carbonyl (C=O) groups is 1. The number of halogens is 1. The van der Waals surface area contributed by atoms with E-state index in [0.29, 0.717) is 26.4 Å². The van der Waals surface area contributed by atoms with Crippen molar-refractivity contribution in [3.8, 4) is 0 Å². The van der Waals surface area contributed by atoms with E-state index in [9.17, 15) is 4.79 Å². The Kier molecular flexibility index (Phi) is 14.4. The first-order valence-electron chi connectivity index (χ1n) is 12.5. The number of carbonyl (C=O) groups excluding carboxylic acids is 1. The fraction of sp³-hybridized carbons (Fsp3) is 0.536. The van der Waals surface area contributed by atoms with Gasteiger partial charge in [-0.05, 0) is 29.9 Å². The standard InChI is InChI=1S/C28H41ClN2O3/c1-23(2)27(26(24-13-7-5-8-14-24)25-15-9-6-10-16-25)31-28(32)30-18-20-34-22-21-33-19-12-4-3-11-17-29/h5-10,13-16,23,26-27H,3-4,11-12,17-22H2,1-2H3,(H2,30,31,32)/t27-/m1/s1. The second kappa shape index (κ2) is 17.4. The second-order valence-electron chi connectivity index (χ2n) is 8.80. The van der Waals surface area contributed by atoms with Crippen LogP contribution >= 0.6 is 11.6 Å². The number of amides is 2. The summed E-state index contributed by atoms with van der Waals surface area (Å²) in [4.78, 5) is 12.7. The zero-order valence-corrected chi connectivity index (χ0v) is 21.4. The fourth-order valence-electron chi connectivity index (χ4n) is 3.98. The molecular weight excluding hydrogens is 448 g/mol. The van der Waals surface area contributed by atoms with Gasteiger partial charge in [0.25, 0.3) is 0 Å². The Labute approximate surface area is 210 Å². The van der Waals surface area contributed by atoms with Crippen LogP contribution in [-0.4, -0.2) is 50.9 Å². The van der Waals surface area contributed by atoms with Crippen molar-refractivity contribution in [2.45, 2.75) is 51.5 Å². The third kappa shape index (κ3) is 10.9. The summed E-state index contributed by atoms with van der Waals surface area (Å²) in [6.45, 7) is 7.06. The highest BCUT2D eigenvalue weighted by atomic mass is 35.5. The Morgan fingerprint density at radius 3 is 1.91 bits per heavy atom. The molecule has 2 amide bonds. The van der Waals surface area contributed by atoms with E-state index in [4.69, 9.17) is 21.1 Å². The molecular formula is C28H41ClN2O3. The largest absolute Gasteiger partial charge is 0.379 e. The zero-order chi connectivity index (χ0) is 24.4. The van der Waals surface area contributed by atoms with E-state index in [1.165, 1.54) is 11.1 Å². The summed E-state index contributed by atoms with van der Waals surface area (Å²) >= 11 is 5.67. The van der Waals surface area contributed by atoms with Gasteiger partial charge in [0.2, 0.25) is 0 Å². The SMILES string of the molecule is CC(C)[C@@H](NC(=O)NCCOCCOCCCCCCCl)C(c1ccccc1)c1ccccc1. The minimum Gasteiger partial charge on any atom is -0.379 e. The lowest BCUT2D eigenvalue weighted by atomic mass is 9.80. The average Bonchev–Trinajstić information content (AvgIpc) is 2.85. The molecule has 2 aromatic rings. The normalized spacial score (nSPS) is 12.1. The zero-order valence-electron chi connectivity index (χ0n) is 20.7. The third-order valence-electron chi connectivity index (χ3n) is 5.77. The minimum atomic E-state index is -0.174. The van der Waals surface area contributed by atoms with Gasteiger partial charge in [0.15, 0.2) is 0 Å². The number of benzene rings is 2. The molecule has 0 radical (unpaired) electrons. The third-order valence-corrected chi connectivity index (χ3v) is 6.04. The fourth-order valence-corrected chi connectivity index (χ4v) is 4.17. The van der Waals surface area contributed by atoms with Crippen LogP contribution in [-0.2, 0) is 9.47 Å². The van der Waals surface area contributed by atoms with Gasteiger partial charge in [0.1, 0.15) is 0 Å². The molecule has 34 heavy (non-hydrogen) atoms. The van der Waals surface area contributed by atoms with Gasteiger partial charge in [-0.2, -0.15) is 0 Å². The summed E-state index contributed by atoms with van der Waals surface area (Å²) in [6, 6.07) is 20.5. The molecule has 0 spiro atoms. The van der Waals surface area contributed by atoms with Gasteiger partial charge in [0.05, 0.1) is 19.8 Å². The lowest BCUT2D eigenvalue weighted by Crippen LogP contribution is -2.48. The molecule has 2 N–H and O–H groups in total. The lowest BCUT2D eigenvalue weighted by molar-refractivity contribution is 0.0478. The quantitative estimate of drug-likeness (QED) is 0.213. The number of hydrogen-bond acceptors (Lipinski definition) is 3. The van der Waals surface area contributed by atoms with Gasteiger partial charge < -0.3 is 20.1 Å². The Bertz CT molecular complexity index is 734. The van der Waals surface area contributed by atoms with E-state index in [1.54, 1.807) is 0 Å². The average molecular weight is 489 g/mol. The van der Waals surface area contributed by atoms with E-state index in [-0.39, 0.29) is 23.9 Å². The molecule has 0 aliphatic heterocycles. The molecule has 188 valence electrons. The van der Waals surface area contributed by atoms with Crippen molar-refractivity contribution >= 4 is 17.6 Å². The highest BCUT2D eigenvalue weighted by Gasteiger charge is 2.28. The van der Waals surface area contributed by atoms with Crippen LogP contribution in [0.5, 0.6) is 0 Å². The molecule has 0 saturated carbocycles. The van der Waals surface area contributed by atoms with Crippen LogP contribution in [0.4, 0.5) is 4.79 Å². The topological polar surface area (TPSA) is 59.6 Å². The molecule has 5 nitrogen and oxygen atoms in total.